The van der Waals surface area contributed by atoms with Crippen LogP contribution in [-0.4, -0.2) is 52.2 Å². The maximum atomic E-state index is 13.3. The van der Waals surface area contributed by atoms with Crippen molar-refractivity contribution in [1.82, 2.24) is 15.0 Å². The quantitative estimate of drug-likeness (QED) is 0.695. The number of aromatic nitrogens is 2. The molecular formula is C21H21FN4O4. The second-order valence-corrected chi connectivity index (χ2v) is 7.95. The molecule has 1 aromatic heterocycles. The van der Waals surface area contributed by atoms with Gasteiger partial charge < -0.3 is 19.1 Å². The smallest absolute Gasteiger partial charge is 0.234 e. The second-order valence-electron chi connectivity index (χ2n) is 7.95. The predicted octanol–water partition coefficient (Wildman–Crippen LogP) is 1.72. The van der Waals surface area contributed by atoms with Gasteiger partial charge in [0, 0.05) is 19.2 Å². The number of carbonyl (C=O) groups excluding carboxylic acids is 2. The van der Waals surface area contributed by atoms with Crippen LogP contribution >= 0.6 is 0 Å². The zero-order chi connectivity index (χ0) is 21.0. The van der Waals surface area contributed by atoms with E-state index in [2.05, 4.69) is 10.1 Å². The Bertz CT molecular complexity index is 1040. The molecule has 9 heteroatoms. The number of hydrogen-bond donors (Lipinski definition) is 0. The molecule has 1 spiro atoms. The van der Waals surface area contributed by atoms with Gasteiger partial charge in [-0.25, -0.2) is 4.39 Å². The Balaban J connectivity index is 1.39. The van der Waals surface area contributed by atoms with E-state index in [0.29, 0.717) is 30.4 Å². The summed E-state index contributed by atoms with van der Waals surface area (Å²) in [6, 6.07) is 5.75. The van der Waals surface area contributed by atoms with Crippen LogP contribution in [0.2, 0.25) is 0 Å². The Kier molecular flexibility index (Phi) is 4.25. The minimum absolute atomic E-state index is 0.185. The molecule has 2 bridgehead atoms. The molecule has 0 saturated carbocycles. The van der Waals surface area contributed by atoms with E-state index in [9.17, 15) is 14.0 Å². The minimum Gasteiger partial charge on any atom is -0.360 e. The summed E-state index contributed by atoms with van der Waals surface area (Å²) in [7, 11) is 1.66. The Labute approximate surface area is 172 Å². The maximum Gasteiger partial charge on any atom is 0.234 e. The molecule has 30 heavy (non-hydrogen) atoms. The van der Waals surface area contributed by atoms with Crippen molar-refractivity contribution in [3.05, 3.63) is 53.9 Å². The molecule has 8 nitrogen and oxygen atoms in total. The fraction of sp³-hybridized carbons (Fsp3) is 0.429. The van der Waals surface area contributed by atoms with E-state index >= 15 is 0 Å². The summed E-state index contributed by atoms with van der Waals surface area (Å²) in [5.74, 6) is -1.08. The Hall–Kier alpha value is -3.07. The molecule has 5 rings (SSSR count). The van der Waals surface area contributed by atoms with Crippen LogP contribution in [0.1, 0.15) is 18.6 Å². The summed E-state index contributed by atoms with van der Waals surface area (Å²) >= 11 is 0. The zero-order valence-corrected chi connectivity index (χ0v) is 16.6. The Morgan fingerprint density at radius 2 is 2.13 bits per heavy atom. The summed E-state index contributed by atoms with van der Waals surface area (Å²) in [6.07, 6.45) is 3.92. The fourth-order valence-electron chi connectivity index (χ4n) is 4.66. The van der Waals surface area contributed by atoms with Gasteiger partial charge in [0.25, 0.3) is 0 Å². The zero-order valence-electron chi connectivity index (χ0n) is 16.6. The number of rotatable bonds is 5. The molecule has 2 fully saturated rings. The van der Waals surface area contributed by atoms with E-state index < -0.39 is 23.5 Å². The fourth-order valence-corrected chi connectivity index (χ4v) is 4.66. The van der Waals surface area contributed by atoms with Crippen molar-refractivity contribution >= 4 is 17.5 Å². The summed E-state index contributed by atoms with van der Waals surface area (Å²) in [4.78, 5) is 33.9. The van der Waals surface area contributed by atoms with E-state index in [1.54, 1.807) is 24.1 Å². The molecule has 0 unspecified atom stereocenters. The van der Waals surface area contributed by atoms with Gasteiger partial charge in [-0.1, -0.05) is 24.2 Å². The van der Waals surface area contributed by atoms with E-state index in [0.717, 1.165) is 0 Å². The van der Waals surface area contributed by atoms with E-state index in [1.165, 1.54) is 17.0 Å². The van der Waals surface area contributed by atoms with Crippen molar-refractivity contribution in [2.24, 2.45) is 11.8 Å². The van der Waals surface area contributed by atoms with Crippen LogP contribution in [-0.2, 0) is 27.3 Å². The molecule has 3 aliphatic heterocycles. The first-order chi connectivity index (χ1) is 14.4. The minimum atomic E-state index is -0.835. The Morgan fingerprint density at radius 3 is 2.83 bits per heavy atom. The third-order valence-corrected chi connectivity index (χ3v) is 6.09. The maximum absolute atomic E-state index is 13.3. The first kappa shape index (κ1) is 18.9. The average molecular weight is 412 g/mol. The van der Waals surface area contributed by atoms with Crippen LogP contribution in [0.5, 0.6) is 0 Å². The molecule has 2 aromatic rings. The third-order valence-electron chi connectivity index (χ3n) is 6.09. The number of halogens is 1. The molecule has 1 aromatic carbocycles. The highest BCUT2D eigenvalue weighted by Gasteiger charge is 2.67. The number of carbonyl (C=O) groups is 2. The number of aryl methyl sites for hydroxylation is 1. The largest absolute Gasteiger partial charge is 0.360 e. The highest BCUT2D eigenvalue weighted by atomic mass is 19.1. The number of nitrogens with zero attached hydrogens (tertiary/aromatic N) is 4. The lowest BCUT2D eigenvalue weighted by Crippen LogP contribution is -2.44. The van der Waals surface area contributed by atoms with Crippen molar-refractivity contribution in [3.63, 3.8) is 0 Å². The van der Waals surface area contributed by atoms with Gasteiger partial charge >= 0.3 is 0 Å². The first-order valence-electron chi connectivity index (χ1n) is 9.92. The van der Waals surface area contributed by atoms with Crippen molar-refractivity contribution in [2.45, 2.75) is 31.6 Å². The summed E-state index contributed by atoms with van der Waals surface area (Å²) < 4.78 is 24.5. The normalized spacial score (nSPS) is 29.0. The number of benzene rings is 1. The van der Waals surface area contributed by atoms with Crippen molar-refractivity contribution in [3.8, 4) is 0 Å². The van der Waals surface area contributed by atoms with Crippen molar-refractivity contribution in [2.75, 3.05) is 18.5 Å². The number of amides is 2. The highest BCUT2D eigenvalue weighted by Crippen LogP contribution is 2.53. The molecule has 2 amide bonds. The van der Waals surface area contributed by atoms with Gasteiger partial charge in [0.15, 0.2) is 5.82 Å². The standard InChI is InChI=1S/C21H21FN4O4/c1-3-16-23-15(24-30-16)10-25(2)19(27)17-14-8-9-21(29-14)11-26(20(28)18(17)21)13-6-4-12(22)5-7-13/h4-9,14,17-18H,3,10-11H2,1-2H3/t14-,17-,18-,21-/m0/s1. The van der Waals surface area contributed by atoms with Gasteiger partial charge in [0.2, 0.25) is 17.7 Å². The lowest BCUT2D eigenvalue weighted by atomic mass is 9.76. The predicted molar refractivity (Wildman–Crippen MR) is 103 cm³/mol. The van der Waals surface area contributed by atoms with Crippen LogP contribution in [0, 0.1) is 17.7 Å². The van der Waals surface area contributed by atoms with E-state index in [-0.39, 0.29) is 24.2 Å². The van der Waals surface area contributed by atoms with E-state index in [4.69, 9.17) is 9.26 Å². The van der Waals surface area contributed by atoms with Crippen LogP contribution in [0.3, 0.4) is 0 Å². The number of ether oxygens (including phenoxy) is 1. The molecule has 0 N–H and O–H groups in total. The highest BCUT2D eigenvalue weighted by molar-refractivity contribution is 6.03. The van der Waals surface area contributed by atoms with Crippen molar-refractivity contribution in [1.29, 1.82) is 0 Å². The van der Waals surface area contributed by atoms with Crippen molar-refractivity contribution < 1.29 is 23.2 Å². The lowest BCUT2D eigenvalue weighted by molar-refractivity contribution is -0.139. The third kappa shape index (κ3) is 2.76. The molecule has 4 atom stereocenters. The molecule has 3 aliphatic rings. The SMILES string of the molecule is CCc1nc(CN(C)C(=O)[C@H]2[C@@H]3C=C[C@@]4(CN(c5ccc(F)cc5)C(=O)[C@H]24)O3)no1. The summed E-state index contributed by atoms with van der Waals surface area (Å²) in [6.45, 7) is 2.39. The molecule has 2 saturated heterocycles. The summed E-state index contributed by atoms with van der Waals surface area (Å²) in [5, 5.41) is 3.89. The number of anilines is 1. The molecule has 4 heterocycles. The topological polar surface area (TPSA) is 88.8 Å². The number of hydrogen-bond acceptors (Lipinski definition) is 6. The monoisotopic (exact) mass is 412 g/mol. The van der Waals surface area contributed by atoms with Crippen LogP contribution in [0.25, 0.3) is 0 Å². The second kappa shape index (κ2) is 6.73. The molecule has 0 aliphatic carbocycles. The van der Waals surface area contributed by atoms with Crippen LogP contribution in [0.4, 0.5) is 10.1 Å². The average Bonchev–Trinajstić information content (AvgIpc) is 3.49. The molecular weight excluding hydrogens is 391 g/mol. The van der Waals surface area contributed by atoms with Crippen LogP contribution < -0.4 is 4.90 Å². The van der Waals surface area contributed by atoms with Gasteiger partial charge in [-0.15, -0.1) is 0 Å². The summed E-state index contributed by atoms with van der Waals surface area (Å²) in [5.41, 5.74) is -0.247. The first-order valence-corrected chi connectivity index (χ1v) is 9.92. The van der Waals surface area contributed by atoms with Gasteiger partial charge in [0.1, 0.15) is 11.4 Å². The van der Waals surface area contributed by atoms with Gasteiger partial charge in [-0.05, 0) is 24.3 Å². The van der Waals surface area contributed by atoms with Gasteiger partial charge in [-0.2, -0.15) is 4.98 Å². The van der Waals surface area contributed by atoms with Gasteiger partial charge in [-0.3, -0.25) is 9.59 Å². The number of fused-ring (bicyclic) bond motifs is 1. The molecule has 156 valence electrons. The molecule has 0 radical (unpaired) electrons. The Morgan fingerprint density at radius 1 is 1.37 bits per heavy atom. The lowest BCUT2D eigenvalue weighted by Gasteiger charge is -2.27. The van der Waals surface area contributed by atoms with Gasteiger partial charge in [0.05, 0.1) is 31.0 Å². The van der Waals surface area contributed by atoms with E-state index in [1.807, 2.05) is 19.1 Å². The van der Waals surface area contributed by atoms with Crippen LogP contribution in [0.15, 0.2) is 40.9 Å².